The molecular weight excluding hydrogens is 292 g/mol. The second kappa shape index (κ2) is 5.73. The van der Waals surface area contributed by atoms with Crippen LogP contribution < -0.4 is 5.32 Å². The van der Waals surface area contributed by atoms with Crippen molar-refractivity contribution < 1.29 is 4.74 Å². The fourth-order valence-electron chi connectivity index (χ4n) is 2.08. The lowest BCUT2D eigenvalue weighted by atomic mass is 9.82. The molecule has 0 amide bonds. The van der Waals surface area contributed by atoms with Crippen LogP contribution in [0.1, 0.15) is 25.3 Å². The minimum Gasteiger partial charge on any atom is -0.384 e. The fraction of sp³-hybridized carbons (Fsp3) is 0.500. The SMILES string of the molecule is CC1(CNc2ccc(C#N)cc2Br)CCOCC1. The minimum atomic E-state index is 0.297. The number of hydrogen-bond acceptors (Lipinski definition) is 3. The molecule has 1 saturated heterocycles. The molecule has 18 heavy (non-hydrogen) atoms. The first kappa shape index (κ1) is 13.4. The second-order valence-electron chi connectivity index (χ2n) is 5.08. The van der Waals surface area contributed by atoms with Crippen LogP contribution in [0, 0.1) is 16.7 Å². The predicted molar refractivity (Wildman–Crippen MR) is 75.5 cm³/mol. The highest BCUT2D eigenvalue weighted by Crippen LogP contribution is 2.31. The molecule has 1 fully saturated rings. The van der Waals surface area contributed by atoms with Crippen molar-refractivity contribution in [3.63, 3.8) is 0 Å². The molecule has 1 aliphatic heterocycles. The molecule has 0 radical (unpaired) electrons. The molecule has 0 unspecified atom stereocenters. The van der Waals surface area contributed by atoms with E-state index in [2.05, 4.69) is 34.2 Å². The van der Waals surface area contributed by atoms with E-state index in [1.807, 2.05) is 18.2 Å². The van der Waals surface area contributed by atoms with E-state index in [1.54, 1.807) is 0 Å². The van der Waals surface area contributed by atoms with Crippen LogP contribution in [0.15, 0.2) is 22.7 Å². The number of nitriles is 1. The van der Waals surface area contributed by atoms with Gasteiger partial charge in [-0.05, 0) is 52.4 Å². The maximum Gasteiger partial charge on any atom is 0.0992 e. The molecule has 1 aliphatic rings. The largest absolute Gasteiger partial charge is 0.384 e. The second-order valence-corrected chi connectivity index (χ2v) is 5.94. The standard InChI is InChI=1S/C14H17BrN2O/c1-14(4-6-18-7-5-14)10-17-13-3-2-11(9-16)8-12(13)15/h2-3,8,17H,4-7,10H2,1H3. The van der Waals surface area contributed by atoms with Gasteiger partial charge in [0.1, 0.15) is 0 Å². The third kappa shape index (κ3) is 3.24. The van der Waals surface area contributed by atoms with Gasteiger partial charge < -0.3 is 10.1 Å². The van der Waals surface area contributed by atoms with E-state index >= 15 is 0 Å². The van der Waals surface area contributed by atoms with E-state index in [9.17, 15) is 0 Å². The van der Waals surface area contributed by atoms with Gasteiger partial charge in [0.05, 0.1) is 11.6 Å². The number of rotatable bonds is 3. The maximum absolute atomic E-state index is 8.82. The van der Waals surface area contributed by atoms with Crippen LogP contribution in [0.3, 0.4) is 0 Å². The lowest BCUT2D eigenvalue weighted by Crippen LogP contribution is -2.33. The summed E-state index contributed by atoms with van der Waals surface area (Å²) in [4.78, 5) is 0. The molecule has 1 N–H and O–H groups in total. The summed E-state index contributed by atoms with van der Waals surface area (Å²) in [5, 5.41) is 12.3. The Labute approximate surface area is 116 Å². The molecule has 2 rings (SSSR count). The zero-order valence-electron chi connectivity index (χ0n) is 10.5. The lowest BCUT2D eigenvalue weighted by Gasteiger charge is -2.34. The first-order chi connectivity index (χ1) is 8.63. The normalized spacial score (nSPS) is 18.1. The molecule has 0 aromatic heterocycles. The van der Waals surface area contributed by atoms with E-state index in [0.717, 1.165) is 42.8 Å². The number of benzene rings is 1. The summed E-state index contributed by atoms with van der Waals surface area (Å²) in [6.07, 6.45) is 2.18. The number of nitrogens with one attached hydrogen (secondary N) is 1. The highest BCUT2D eigenvalue weighted by atomic mass is 79.9. The molecule has 4 heteroatoms. The van der Waals surface area contributed by atoms with Crippen molar-refractivity contribution in [3.05, 3.63) is 28.2 Å². The van der Waals surface area contributed by atoms with E-state index in [1.165, 1.54) is 0 Å². The Morgan fingerprint density at radius 3 is 2.78 bits per heavy atom. The summed E-state index contributed by atoms with van der Waals surface area (Å²) in [5.74, 6) is 0. The van der Waals surface area contributed by atoms with Crippen LogP contribution in [0.2, 0.25) is 0 Å². The summed E-state index contributed by atoms with van der Waals surface area (Å²) in [5.41, 5.74) is 2.01. The first-order valence-corrected chi connectivity index (χ1v) is 6.94. The molecule has 1 heterocycles. The summed E-state index contributed by atoms with van der Waals surface area (Å²) in [6.45, 7) is 4.93. The third-order valence-electron chi connectivity index (χ3n) is 3.50. The number of halogens is 1. The van der Waals surface area contributed by atoms with Crippen LogP contribution in [0.4, 0.5) is 5.69 Å². The Morgan fingerprint density at radius 1 is 1.44 bits per heavy atom. The lowest BCUT2D eigenvalue weighted by molar-refractivity contribution is 0.0300. The van der Waals surface area contributed by atoms with Gasteiger partial charge >= 0.3 is 0 Å². The van der Waals surface area contributed by atoms with Crippen molar-refractivity contribution in [2.24, 2.45) is 5.41 Å². The molecule has 0 bridgehead atoms. The van der Waals surface area contributed by atoms with Gasteiger partial charge in [-0.25, -0.2) is 0 Å². The Kier molecular flexibility index (Phi) is 4.26. The van der Waals surface area contributed by atoms with Crippen molar-refractivity contribution in [2.45, 2.75) is 19.8 Å². The predicted octanol–water partition coefficient (Wildman–Crippen LogP) is 3.55. The Bertz CT molecular complexity index is 461. The average Bonchev–Trinajstić information content (AvgIpc) is 2.38. The Hall–Kier alpha value is -1.05. The third-order valence-corrected chi connectivity index (χ3v) is 4.16. The molecule has 1 aromatic rings. The Balaban J connectivity index is 2.00. The van der Waals surface area contributed by atoms with Gasteiger partial charge in [-0.2, -0.15) is 5.26 Å². The fourth-order valence-corrected chi connectivity index (χ4v) is 2.60. The van der Waals surface area contributed by atoms with Crippen LogP contribution in [-0.4, -0.2) is 19.8 Å². The average molecular weight is 309 g/mol. The summed E-state index contributed by atoms with van der Waals surface area (Å²) in [7, 11) is 0. The van der Waals surface area contributed by atoms with Crippen molar-refractivity contribution in [1.29, 1.82) is 5.26 Å². The molecule has 0 aliphatic carbocycles. The molecule has 1 aromatic carbocycles. The molecule has 0 saturated carbocycles. The Morgan fingerprint density at radius 2 is 2.17 bits per heavy atom. The summed E-state index contributed by atoms with van der Waals surface area (Å²) < 4.78 is 6.34. The van der Waals surface area contributed by atoms with E-state index in [4.69, 9.17) is 10.00 Å². The van der Waals surface area contributed by atoms with Gasteiger partial charge in [0.25, 0.3) is 0 Å². The monoisotopic (exact) mass is 308 g/mol. The molecular formula is C14H17BrN2O. The van der Waals surface area contributed by atoms with Gasteiger partial charge in [0.2, 0.25) is 0 Å². The number of nitrogens with zero attached hydrogens (tertiary/aromatic N) is 1. The van der Waals surface area contributed by atoms with E-state index in [-0.39, 0.29) is 0 Å². The quantitative estimate of drug-likeness (QED) is 0.928. The summed E-state index contributed by atoms with van der Waals surface area (Å²) in [6, 6.07) is 7.76. The van der Waals surface area contributed by atoms with Crippen LogP contribution in [0.25, 0.3) is 0 Å². The number of anilines is 1. The smallest absolute Gasteiger partial charge is 0.0992 e. The van der Waals surface area contributed by atoms with Crippen molar-refractivity contribution in [3.8, 4) is 6.07 Å². The highest BCUT2D eigenvalue weighted by molar-refractivity contribution is 9.10. The van der Waals surface area contributed by atoms with Crippen molar-refractivity contribution in [1.82, 2.24) is 0 Å². The van der Waals surface area contributed by atoms with Gasteiger partial charge in [-0.3, -0.25) is 0 Å². The highest BCUT2D eigenvalue weighted by Gasteiger charge is 2.27. The number of hydrogen-bond donors (Lipinski definition) is 1. The molecule has 3 nitrogen and oxygen atoms in total. The van der Waals surface area contributed by atoms with Crippen molar-refractivity contribution in [2.75, 3.05) is 25.1 Å². The van der Waals surface area contributed by atoms with E-state index < -0.39 is 0 Å². The zero-order valence-corrected chi connectivity index (χ0v) is 12.1. The van der Waals surface area contributed by atoms with Gasteiger partial charge in [-0.1, -0.05) is 6.92 Å². The maximum atomic E-state index is 8.82. The minimum absolute atomic E-state index is 0.297. The topological polar surface area (TPSA) is 45.0 Å². The van der Waals surface area contributed by atoms with Crippen LogP contribution in [0.5, 0.6) is 0 Å². The molecule has 0 spiro atoms. The molecule has 0 atom stereocenters. The van der Waals surface area contributed by atoms with Crippen LogP contribution in [-0.2, 0) is 4.74 Å². The van der Waals surface area contributed by atoms with Crippen molar-refractivity contribution >= 4 is 21.6 Å². The summed E-state index contributed by atoms with van der Waals surface area (Å²) >= 11 is 3.49. The van der Waals surface area contributed by atoms with Gasteiger partial charge in [0, 0.05) is 29.9 Å². The van der Waals surface area contributed by atoms with E-state index in [0.29, 0.717) is 11.0 Å². The number of ether oxygens (including phenoxy) is 1. The first-order valence-electron chi connectivity index (χ1n) is 6.14. The molecule has 96 valence electrons. The van der Waals surface area contributed by atoms with Gasteiger partial charge in [-0.15, -0.1) is 0 Å². The van der Waals surface area contributed by atoms with Gasteiger partial charge in [0.15, 0.2) is 0 Å². The zero-order chi connectivity index (χ0) is 13.0. The van der Waals surface area contributed by atoms with Crippen LogP contribution >= 0.6 is 15.9 Å².